The summed E-state index contributed by atoms with van der Waals surface area (Å²) in [6.07, 6.45) is 5.80. The van der Waals surface area contributed by atoms with Gasteiger partial charge >= 0.3 is 0 Å². The molecular formula is C24H25N7. The molecule has 156 valence electrons. The number of anilines is 1. The quantitative estimate of drug-likeness (QED) is 0.399. The Bertz CT molecular complexity index is 1220. The molecule has 0 bridgehead atoms. The molecule has 7 nitrogen and oxygen atoms in total. The Kier molecular flexibility index (Phi) is 5.09. The first kappa shape index (κ1) is 19.3. The van der Waals surface area contributed by atoms with Crippen LogP contribution in [0.25, 0.3) is 27.9 Å². The molecule has 0 radical (unpaired) electrons. The van der Waals surface area contributed by atoms with Gasteiger partial charge in [-0.05, 0) is 23.3 Å². The van der Waals surface area contributed by atoms with Crippen LogP contribution in [0.15, 0.2) is 72.1 Å². The molecule has 0 unspecified atom stereocenters. The number of benzene rings is 2. The number of hydrogen-bond donors (Lipinski definition) is 2. The fourth-order valence-corrected chi connectivity index (χ4v) is 3.96. The van der Waals surface area contributed by atoms with E-state index in [1.165, 1.54) is 5.69 Å². The van der Waals surface area contributed by atoms with Crippen LogP contribution in [0.2, 0.25) is 0 Å². The number of nitrogens with zero attached hydrogens (tertiary/aromatic N) is 5. The summed E-state index contributed by atoms with van der Waals surface area (Å²) in [5.41, 5.74) is 13.1. The Morgan fingerprint density at radius 2 is 1.65 bits per heavy atom. The minimum Gasteiger partial charge on any atom is -0.384 e. The Morgan fingerprint density at radius 3 is 2.35 bits per heavy atom. The van der Waals surface area contributed by atoms with Gasteiger partial charge < -0.3 is 16.0 Å². The second kappa shape index (κ2) is 8.20. The zero-order valence-corrected chi connectivity index (χ0v) is 17.5. The summed E-state index contributed by atoms with van der Waals surface area (Å²) in [4.78, 5) is 11.2. The lowest BCUT2D eigenvalue weighted by Crippen LogP contribution is -2.43. The van der Waals surface area contributed by atoms with Gasteiger partial charge in [0.1, 0.15) is 5.84 Å². The number of aliphatic imine (C=N–C) groups is 1. The van der Waals surface area contributed by atoms with Crippen LogP contribution in [0.3, 0.4) is 0 Å². The van der Waals surface area contributed by atoms with E-state index in [9.17, 15) is 0 Å². The number of nitrogens with two attached hydrogens (primary N) is 1. The minimum atomic E-state index is 0.525. The fourth-order valence-electron chi connectivity index (χ4n) is 3.96. The molecule has 2 aromatic carbocycles. The molecule has 5 rings (SSSR count). The molecule has 3 N–H and O–H groups in total. The second-order valence-electron chi connectivity index (χ2n) is 7.64. The minimum absolute atomic E-state index is 0.525. The van der Waals surface area contributed by atoms with E-state index in [1.54, 1.807) is 7.05 Å². The lowest BCUT2D eigenvalue weighted by Gasteiger charge is -2.29. The number of hydrogen-bond acceptors (Lipinski definition) is 5. The average Bonchev–Trinajstić information content (AvgIpc) is 3.27. The van der Waals surface area contributed by atoms with E-state index < -0.39 is 0 Å². The van der Waals surface area contributed by atoms with Crippen molar-refractivity contribution in [2.45, 2.75) is 0 Å². The Morgan fingerprint density at radius 1 is 0.935 bits per heavy atom. The first-order chi connectivity index (χ1) is 15.2. The van der Waals surface area contributed by atoms with Gasteiger partial charge in [0, 0.05) is 68.0 Å². The van der Waals surface area contributed by atoms with Gasteiger partial charge in [0.15, 0.2) is 5.65 Å². The van der Waals surface area contributed by atoms with Crippen LogP contribution in [0.4, 0.5) is 5.69 Å². The fraction of sp³-hybridized carbons (Fsp3) is 0.208. The third-order valence-corrected chi connectivity index (χ3v) is 5.77. The summed E-state index contributed by atoms with van der Waals surface area (Å²) in [5.74, 6) is 0.525. The first-order valence-corrected chi connectivity index (χ1v) is 10.5. The largest absolute Gasteiger partial charge is 0.384 e. The van der Waals surface area contributed by atoms with Crippen LogP contribution in [0, 0.1) is 0 Å². The Labute approximate surface area is 181 Å². The zero-order chi connectivity index (χ0) is 21.2. The highest BCUT2D eigenvalue weighted by molar-refractivity contribution is 5.97. The van der Waals surface area contributed by atoms with E-state index in [0.717, 1.165) is 59.6 Å². The van der Waals surface area contributed by atoms with Gasteiger partial charge in [0.2, 0.25) is 0 Å². The lowest BCUT2D eigenvalue weighted by molar-refractivity contribution is 0.589. The number of piperazine rings is 1. The summed E-state index contributed by atoms with van der Waals surface area (Å²) in [7, 11) is 1.69. The molecule has 1 fully saturated rings. The van der Waals surface area contributed by atoms with Crippen LogP contribution >= 0.6 is 0 Å². The molecule has 3 heterocycles. The van der Waals surface area contributed by atoms with Crippen molar-refractivity contribution in [3.05, 3.63) is 72.7 Å². The van der Waals surface area contributed by atoms with Gasteiger partial charge in [0.25, 0.3) is 0 Å². The smallest absolute Gasteiger partial charge is 0.162 e. The summed E-state index contributed by atoms with van der Waals surface area (Å²) < 4.78 is 1.84. The van der Waals surface area contributed by atoms with E-state index in [2.05, 4.69) is 44.6 Å². The van der Waals surface area contributed by atoms with Crippen molar-refractivity contribution < 1.29 is 0 Å². The molecule has 2 aromatic heterocycles. The number of amidine groups is 1. The average molecular weight is 412 g/mol. The maximum Gasteiger partial charge on any atom is 0.162 e. The van der Waals surface area contributed by atoms with Gasteiger partial charge in [-0.1, -0.05) is 36.4 Å². The van der Waals surface area contributed by atoms with Crippen molar-refractivity contribution in [2.24, 2.45) is 10.7 Å². The van der Waals surface area contributed by atoms with E-state index in [0.29, 0.717) is 5.84 Å². The van der Waals surface area contributed by atoms with Crippen molar-refractivity contribution >= 4 is 17.2 Å². The van der Waals surface area contributed by atoms with Crippen LogP contribution in [0.5, 0.6) is 0 Å². The predicted octanol–water partition coefficient (Wildman–Crippen LogP) is 2.81. The monoisotopic (exact) mass is 411 g/mol. The molecule has 0 saturated carbocycles. The third kappa shape index (κ3) is 3.75. The van der Waals surface area contributed by atoms with Crippen molar-refractivity contribution in [3.8, 4) is 22.3 Å². The molecule has 31 heavy (non-hydrogen) atoms. The highest BCUT2D eigenvalue weighted by Crippen LogP contribution is 2.27. The maximum atomic E-state index is 5.89. The number of aromatic nitrogens is 3. The molecule has 1 aliphatic rings. The standard InChI is InChI=1S/C24H25N7/c1-26-23(25)19-4-2-18(3-5-19)22-15-29-31-16-20(14-28-24(22)31)17-6-8-21(9-7-17)30-12-10-27-11-13-30/h2-9,14-16,27H,10-13H2,1H3,(H2,25,26). The predicted molar refractivity (Wildman–Crippen MR) is 126 cm³/mol. The number of nitrogens with one attached hydrogen (secondary N) is 1. The van der Waals surface area contributed by atoms with Gasteiger partial charge in [-0.25, -0.2) is 9.50 Å². The van der Waals surface area contributed by atoms with Gasteiger partial charge in [-0.3, -0.25) is 4.99 Å². The number of fused-ring (bicyclic) bond motifs is 1. The SMILES string of the molecule is C/N=C(/N)c1ccc(-c2cnn3cc(-c4ccc(N5CCNCC5)cc4)cnc23)cc1. The molecule has 0 atom stereocenters. The summed E-state index contributed by atoms with van der Waals surface area (Å²) in [6.45, 7) is 4.15. The summed E-state index contributed by atoms with van der Waals surface area (Å²) >= 11 is 0. The van der Waals surface area contributed by atoms with E-state index in [1.807, 2.05) is 47.4 Å². The van der Waals surface area contributed by atoms with Gasteiger partial charge in [0.05, 0.1) is 6.20 Å². The van der Waals surface area contributed by atoms with Gasteiger partial charge in [-0.15, -0.1) is 0 Å². The molecule has 0 aliphatic carbocycles. The molecule has 0 spiro atoms. The van der Waals surface area contributed by atoms with Crippen molar-refractivity contribution in [1.82, 2.24) is 19.9 Å². The highest BCUT2D eigenvalue weighted by Gasteiger charge is 2.12. The third-order valence-electron chi connectivity index (χ3n) is 5.77. The molecular weight excluding hydrogens is 386 g/mol. The first-order valence-electron chi connectivity index (χ1n) is 10.5. The normalized spacial score (nSPS) is 14.9. The van der Waals surface area contributed by atoms with E-state index in [4.69, 9.17) is 10.7 Å². The second-order valence-corrected chi connectivity index (χ2v) is 7.64. The zero-order valence-electron chi connectivity index (χ0n) is 17.5. The molecule has 7 heteroatoms. The lowest BCUT2D eigenvalue weighted by atomic mass is 10.1. The number of rotatable bonds is 4. The van der Waals surface area contributed by atoms with Gasteiger partial charge in [-0.2, -0.15) is 5.10 Å². The van der Waals surface area contributed by atoms with Crippen LogP contribution in [0.1, 0.15) is 5.56 Å². The highest BCUT2D eigenvalue weighted by atomic mass is 15.2. The molecule has 1 aliphatic heterocycles. The van der Waals surface area contributed by atoms with Crippen molar-refractivity contribution in [2.75, 3.05) is 38.1 Å². The van der Waals surface area contributed by atoms with Crippen LogP contribution in [-0.4, -0.2) is 53.7 Å². The topological polar surface area (TPSA) is 83.8 Å². The molecule has 1 saturated heterocycles. The summed E-state index contributed by atoms with van der Waals surface area (Å²) in [6, 6.07) is 16.7. The van der Waals surface area contributed by atoms with Crippen LogP contribution in [-0.2, 0) is 0 Å². The van der Waals surface area contributed by atoms with E-state index >= 15 is 0 Å². The molecule has 4 aromatic rings. The van der Waals surface area contributed by atoms with Crippen molar-refractivity contribution in [3.63, 3.8) is 0 Å². The summed E-state index contributed by atoms with van der Waals surface area (Å²) in [5, 5.41) is 7.93. The van der Waals surface area contributed by atoms with E-state index in [-0.39, 0.29) is 0 Å². The Hall–Kier alpha value is -3.71. The Balaban J connectivity index is 1.41. The molecule has 0 amide bonds. The van der Waals surface area contributed by atoms with Crippen molar-refractivity contribution in [1.29, 1.82) is 0 Å². The van der Waals surface area contributed by atoms with Crippen LogP contribution < -0.4 is 16.0 Å². The maximum absolute atomic E-state index is 5.89.